The summed E-state index contributed by atoms with van der Waals surface area (Å²) < 4.78 is 1.77. The van der Waals surface area contributed by atoms with Gasteiger partial charge in [-0.05, 0) is 44.5 Å². The van der Waals surface area contributed by atoms with E-state index in [4.69, 9.17) is 0 Å². The summed E-state index contributed by atoms with van der Waals surface area (Å²) in [6.45, 7) is 6.02. The van der Waals surface area contributed by atoms with Crippen LogP contribution in [0.3, 0.4) is 0 Å². The summed E-state index contributed by atoms with van der Waals surface area (Å²) in [6.07, 6.45) is 1.25. The lowest BCUT2D eigenvalue weighted by Gasteiger charge is -2.30. The summed E-state index contributed by atoms with van der Waals surface area (Å²) in [5.41, 5.74) is 2.59. The van der Waals surface area contributed by atoms with E-state index < -0.39 is 0 Å². The minimum absolute atomic E-state index is 0. The van der Waals surface area contributed by atoms with Crippen molar-refractivity contribution in [3.63, 3.8) is 0 Å². The van der Waals surface area contributed by atoms with Crippen molar-refractivity contribution in [1.82, 2.24) is 25.6 Å². The molecule has 1 fully saturated rings. The number of carbonyl (C=O) groups is 1. The maximum atomic E-state index is 12.3. The summed E-state index contributed by atoms with van der Waals surface area (Å²) in [5.74, 6) is 0.473. The van der Waals surface area contributed by atoms with Gasteiger partial charge in [-0.3, -0.25) is 4.79 Å². The van der Waals surface area contributed by atoms with Gasteiger partial charge in [0.25, 0.3) is 0 Å². The monoisotopic (exact) mass is 349 g/mol. The largest absolute Gasteiger partial charge is 0.353 e. The molecule has 1 saturated heterocycles. The minimum atomic E-state index is 0. The smallest absolute Gasteiger partial charge is 0.226 e. The molecular weight excluding hydrogens is 326 g/mol. The molecule has 6 nitrogen and oxygen atoms in total. The lowest BCUT2D eigenvalue weighted by Crippen LogP contribution is -2.48. The lowest BCUT2D eigenvalue weighted by molar-refractivity contribution is -0.121. The fourth-order valence-electron chi connectivity index (χ4n) is 2.98. The molecule has 3 rings (SSSR count). The van der Waals surface area contributed by atoms with E-state index in [2.05, 4.69) is 27.9 Å². The molecule has 2 unspecified atom stereocenters. The van der Waals surface area contributed by atoms with Crippen LogP contribution in [0.15, 0.2) is 30.3 Å². The van der Waals surface area contributed by atoms with Gasteiger partial charge >= 0.3 is 0 Å². The van der Waals surface area contributed by atoms with Crippen LogP contribution in [0.25, 0.3) is 5.69 Å². The number of aromatic nitrogens is 3. The standard InChI is InChI=1S/C17H23N5O.ClH/c1-12-11-18-9-8-15(12)19-17(23)10-16-13(2)22(21-20-16)14-6-4-3-5-7-14;/h3-7,12,15,18H,8-11H2,1-2H3,(H,19,23);1H. The highest BCUT2D eigenvalue weighted by Gasteiger charge is 2.23. The highest BCUT2D eigenvalue weighted by molar-refractivity contribution is 5.85. The van der Waals surface area contributed by atoms with Crippen molar-refractivity contribution in [2.75, 3.05) is 13.1 Å². The van der Waals surface area contributed by atoms with Crippen LogP contribution in [-0.2, 0) is 11.2 Å². The Morgan fingerprint density at radius 2 is 2.12 bits per heavy atom. The van der Waals surface area contributed by atoms with Gasteiger partial charge in [-0.2, -0.15) is 0 Å². The predicted molar refractivity (Wildman–Crippen MR) is 95.6 cm³/mol. The molecule has 1 aromatic carbocycles. The molecule has 2 atom stereocenters. The van der Waals surface area contributed by atoms with Crippen molar-refractivity contribution < 1.29 is 4.79 Å². The number of carbonyl (C=O) groups excluding carboxylic acids is 1. The van der Waals surface area contributed by atoms with Gasteiger partial charge in [0.05, 0.1) is 23.5 Å². The van der Waals surface area contributed by atoms with Gasteiger partial charge in [0, 0.05) is 6.04 Å². The second-order valence-electron chi connectivity index (χ2n) is 6.19. The molecular formula is C17H24ClN5O. The predicted octanol–water partition coefficient (Wildman–Crippen LogP) is 1.65. The van der Waals surface area contributed by atoms with Gasteiger partial charge in [0.2, 0.25) is 5.91 Å². The van der Waals surface area contributed by atoms with Crippen LogP contribution < -0.4 is 10.6 Å². The number of piperidine rings is 1. The fourth-order valence-corrected chi connectivity index (χ4v) is 2.98. The molecule has 0 bridgehead atoms. The van der Waals surface area contributed by atoms with Gasteiger partial charge in [-0.15, -0.1) is 17.5 Å². The zero-order chi connectivity index (χ0) is 16.2. The number of halogens is 1. The molecule has 2 N–H and O–H groups in total. The second kappa shape index (κ2) is 8.26. The van der Waals surface area contributed by atoms with Crippen LogP contribution in [-0.4, -0.2) is 40.0 Å². The number of amides is 1. The molecule has 1 aromatic heterocycles. The number of nitrogens with one attached hydrogen (secondary N) is 2. The number of hydrogen-bond acceptors (Lipinski definition) is 4. The molecule has 1 aliphatic rings. The summed E-state index contributed by atoms with van der Waals surface area (Å²) in [6, 6.07) is 10.1. The molecule has 1 aliphatic heterocycles. The average molecular weight is 350 g/mol. The van der Waals surface area contributed by atoms with Crippen LogP contribution >= 0.6 is 12.4 Å². The van der Waals surface area contributed by atoms with Gasteiger partial charge in [0.15, 0.2) is 0 Å². The summed E-state index contributed by atoms with van der Waals surface area (Å²) in [4.78, 5) is 12.3. The van der Waals surface area contributed by atoms with Crippen molar-refractivity contribution in [1.29, 1.82) is 0 Å². The number of benzene rings is 1. The molecule has 0 aliphatic carbocycles. The van der Waals surface area contributed by atoms with E-state index in [9.17, 15) is 4.79 Å². The maximum absolute atomic E-state index is 12.3. The first-order valence-corrected chi connectivity index (χ1v) is 8.12. The second-order valence-corrected chi connectivity index (χ2v) is 6.19. The molecule has 24 heavy (non-hydrogen) atoms. The van der Waals surface area contributed by atoms with Gasteiger partial charge < -0.3 is 10.6 Å². The van der Waals surface area contributed by atoms with E-state index in [1.807, 2.05) is 37.3 Å². The zero-order valence-electron chi connectivity index (χ0n) is 14.0. The van der Waals surface area contributed by atoms with Crippen molar-refractivity contribution in [2.45, 2.75) is 32.7 Å². The Balaban J connectivity index is 0.00000208. The van der Waals surface area contributed by atoms with Gasteiger partial charge in [-0.25, -0.2) is 4.68 Å². The Labute approximate surface area is 148 Å². The highest BCUT2D eigenvalue weighted by atomic mass is 35.5. The number of para-hydroxylation sites is 1. The first-order valence-electron chi connectivity index (χ1n) is 8.12. The van der Waals surface area contributed by atoms with E-state index in [1.54, 1.807) is 4.68 Å². The molecule has 1 amide bonds. The third kappa shape index (κ3) is 4.13. The highest BCUT2D eigenvalue weighted by Crippen LogP contribution is 2.13. The van der Waals surface area contributed by atoms with E-state index in [-0.39, 0.29) is 30.8 Å². The molecule has 0 spiro atoms. The van der Waals surface area contributed by atoms with Crippen molar-refractivity contribution in [2.24, 2.45) is 5.92 Å². The van der Waals surface area contributed by atoms with Crippen LogP contribution in [0, 0.1) is 12.8 Å². The van der Waals surface area contributed by atoms with Gasteiger partial charge in [0.1, 0.15) is 0 Å². The first kappa shape index (κ1) is 18.4. The molecule has 2 aromatic rings. The van der Waals surface area contributed by atoms with Crippen molar-refractivity contribution in [3.8, 4) is 5.69 Å². The first-order chi connectivity index (χ1) is 11.1. The van der Waals surface area contributed by atoms with E-state index in [0.29, 0.717) is 5.92 Å². The summed E-state index contributed by atoms with van der Waals surface area (Å²) >= 11 is 0. The molecule has 7 heteroatoms. The Hall–Kier alpha value is -1.92. The quantitative estimate of drug-likeness (QED) is 0.880. The van der Waals surface area contributed by atoms with Crippen LogP contribution in [0.4, 0.5) is 0 Å². The summed E-state index contributed by atoms with van der Waals surface area (Å²) in [5, 5.41) is 14.8. The minimum Gasteiger partial charge on any atom is -0.353 e. The summed E-state index contributed by atoms with van der Waals surface area (Å²) in [7, 11) is 0. The number of nitrogens with zero attached hydrogens (tertiary/aromatic N) is 3. The normalized spacial score (nSPS) is 20.2. The molecule has 0 radical (unpaired) electrons. The van der Waals surface area contributed by atoms with Crippen molar-refractivity contribution in [3.05, 3.63) is 41.7 Å². The fraction of sp³-hybridized carbons (Fsp3) is 0.471. The third-order valence-electron chi connectivity index (χ3n) is 4.45. The molecule has 0 saturated carbocycles. The number of rotatable bonds is 4. The van der Waals surface area contributed by atoms with E-state index >= 15 is 0 Å². The Morgan fingerprint density at radius 1 is 1.38 bits per heavy atom. The third-order valence-corrected chi connectivity index (χ3v) is 4.45. The molecule has 2 heterocycles. The van der Waals surface area contributed by atoms with E-state index in [0.717, 1.165) is 36.6 Å². The lowest BCUT2D eigenvalue weighted by atomic mass is 9.95. The number of hydrogen-bond donors (Lipinski definition) is 2. The van der Waals surface area contributed by atoms with E-state index in [1.165, 1.54) is 0 Å². The zero-order valence-corrected chi connectivity index (χ0v) is 14.8. The Morgan fingerprint density at radius 3 is 2.83 bits per heavy atom. The SMILES string of the molecule is Cc1c(CC(=O)NC2CCNCC2C)nnn1-c1ccccc1.Cl. The molecule has 130 valence electrons. The van der Waals surface area contributed by atoms with Crippen LogP contribution in [0.5, 0.6) is 0 Å². The average Bonchev–Trinajstić information content (AvgIpc) is 2.91. The van der Waals surface area contributed by atoms with Crippen LogP contribution in [0.1, 0.15) is 24.7 Å². The van der Waals surface area contributed by atoms with Gasteiger partial charge in [-0.1, -0.05) is 30.3 Å². The topological polar surface area (TPSA) is 71.8 Å². The van der Waals surface area contributed by atoms with Crippen molar-refractivity contribution >= 4 is 18.3 Å². The Kier molecular flexibility index (Phi) is 6.34. The van der Waals surface area contributed by atoms with Crippen LogP contribution in [0.2, 0.25) is 0 Å². The maximum Gasteiger partial charge on any atom is 0.226 e. The Bertz CT molecular complexity index is 673.